The molecule has 0 aromatic heterocycles. The minimum atomic E-state index is -3.75. The molecule has 1 N–H and O–H groups in total. The zero-order valence-electron chi connectivity index (χ0n) is 10.8. The lowest BCUT2D eigenvalue weighted by Crippen LogP contribution is -2.41. The van der Waals surface area contributed by atoms with Crippen LogP contribution in [0.15, 0.2) is 23.1 Å². The van der Waals surface area contributed by atoms with Crippen LogP contribution in [0.4, 0.5) is 0 Å². The lowest BCUT2D eigenvalue weighted by molar-refractivity contribution is 0.187. The van der Waals surface area contributed by atoms with Crippen molar-refractivity contribution in [2.75, 3.05) is 20.8 Å². The van der Waals surface area contributed by atoms with Gasteiger partial charge in [-0.05, 0) is 25.0 Å². The van der Waals surface area contributed by atoms with Gasteiger partial charge in [-0.15, -0.1) is 0 Å². The number of benzene rings is 1. The molecule has 0 bridgehead atoms. The number of likely N-dealkylation sites (N-methyl/N-ethyl adjacent to an activating group) is 1. The first-order valence-electron chi connectivity index (χ1n) is 5.81. The molecule has 0 unspecified atom stereocenters. The number of ether oxygens (including phenoxy) is 1. The van der Waals surface area contributed by atoms with Crippen LogP contribution in [0, 0.1) is 0 Å². The summed E-state index contributed by atoms with van der Waals surface area (Å²) in [5, 5.41) is 9.48. The summed E-state index contributed by atoms with van der Waals surface area (Å²) in [6.07, 6.45) is 1.31. The minimum Gasteiger partial charge on any atom is -0.497 e. The van der Waals surface area contributed by atoms with E-state index in [2.05, 4.69) is 0 Å². The molecule has 1 aromatic carbocycles. The van der Waals surface area contributed by atoms with E-state index in [1.165, 1.54) is 30.6 Å². The van der Waals surface area contributed by atoms with Gasteiger partial charge in [0.15, 0.2) is 0 Å². The predicted molar refractivity (Wildman–Crippen MR) is 72.0 cm³/mol. The van der Waals surface area contributed by atoms with Gasteiger partial charge in [0.1, 0.15) is 10.6 Å². The average Bonchev–Trinajstić information content (AvgIpc) is 3.19. The summed E-state index contributed by atoms with van der Waals surface area (Å²) in [4.78, 5) is -0.00394. The number of hydrogen-bond acceptors (Lipinski definition) is 4. The number of methoxy groups -OCH3 is 1. The molecule has 0 saturated heterocycles. The van der Waals surface area contributed by atoms with Crippen LogP contribution in [-0.2, 0) is 10.0 Å². The van der Waals surface area contributed by atoms with Gasteiger partial charge in [-0.1, -0.05) is 11.6 Å². The van der Waals surface area contributed by atoms with E-state index in [0.29, 0.717) is 18.6 Å². The second kappa shape index (κ2) is 4.94. The molecule has 1 saturated carbocycles. The molecule has 0 amide bonds. The van der Waals surface area contributed by atoms with Crippen LogP contribution in [0.1, 0.15) is 12.8 Å². The Balaban J connectivity index is 2.45. The first-order valence-corrected chi connectivity index (χ1v) is 7.63. The first kappa shape index (κ1) is 14.6. The van der Waals surface area contributed by atoms with Gasteiger partial charge in [0, 0.05) is 13.1 Å². The third kappa shape index (κ3) is 2.45. The smallest absolute Gasteiger partial charge is 0.245 e. The van der Waals surface area contributed by atoms with Crippen molar-refractivity contribution in [1.82, 2.24) is 4.31 Å². The van der Waals surface area contributed by atoms with Crippen LogP contribution in [0.3, 0.4) is 0 Å². The number of aliphatic hydroxyl groups excluding tert-OH is 1. The van der Waals surface area contributed by atoms with E-state index >= 15 is 0 Å². The van der Waals surface area contributed by atoms with Gasteiger partial charge in [0.05, 0.1) is 24.3 Å². The molecule has 1 aliphatic rings. The molecule has 0 radical (unpaired) electrons. The van der Waals surface area contributed by atoms with Gasteiger partial charge in [0.25, 0.3) is 0 Å². The van der Waals surface area contributed by atoms with Crippen molar-refractivity contribution in [3.8, 4) is 5.75 Å². The SMILES string of the molecule is COc1ccc(Cl)c(S(=O)(=O)N(C)C2(CO)CC2)c1. The lowest BCUT2D eigenvalue weighted by Gasteiger charge is -2.26. The second-order valence-electron chi connectivity index (χ2n) is 4.65. The standard InChI is InChI=1S/C12H16ClNO4S/c1-14(12(8-15)5-6-12)19(16,17)11-7-9(18-2)3-4-10(11)13/h3-4,7,15H,5-6,8H2,1-2H3. The van der Waals surface area contributed by atoms with Gasteiger partial charge in [-0.3, -0.25) is 0 Å². The van der Waals surface area contributed by atoms with Crippen LogP contribution in [0.25, 0.3) is 0 Å². The maximum absolute atomic E-state index is 12.5. The largest absolute Gasteiger partial charge is 0.497 e. The summed E-state index contributed by atoms with van der Waals surface area (Å²) in [5.74, 6) is 0.422. The van der Waals surface area contributed by atoms with Crippen LogP contribution < -0.4 is 4.74 Å². The zero-order chi connectivity index (χ0) is 14.3. The average molecular weight is 306 g/mol. The third-order valence-electron chi connectivity index (χ3n) is 3.57. The van der Waals surface area contributed by atoms with Gasteiger partial charge >= 0.3 is 0 Å². The molecule has 1 aromatic rings. The highest BCUT2D eigenvalue weighted by molar-refractivity contribution is 7.89. The summed E-state index contributed by atoms with van der Waals surface area (Å²) >= 11 is 5.97. The Labute approximate surface area is 117 Å². The first-order chi connectivity index (χ1) is 8.87. The quantitative estimate of drug-likeness (QED) is 0.895. The Hall–Kier alpha value is -0.820. The number of rotatable bonds is 5. The zero-order valence-corrected chi connectivity index (χ0v) is 12.3. The number of aliphatic hydroxyl groups is 1. The maximum Gasteiger partial charge on any atom is 0.245 e. The molecule has 1 aliphatic carbocycles. The summed E-state index contributed by atoms with van der Waals surface area (Å²) in [7, 11) is -0.824. The lowest BCUT2D eigenvalue weighted by atomic mass is 10.3. The number of sulfonamides is 1. The van der Waals surface area contributed by atoms with E-state index in [1.807, 2.05) is 0 Å². The molecule has 19 heavy (non-hydrogen) atoms. The molecule has 1 fully saturated rings. The topological polar surface area (TPSA) is 66.8 Å². The molecule has 7 heteroatoms. The van der Waals surface area contributed by atoms with E-state index in [9.17, 15) is 13.5 Å². The normalized spacial score (nSPS) is 17.5. The van der Waals surface area contributed by atoms with Gasteiger partial charge < -0.3 is 9.84 Å². The van der Waals surface area contributed by atoms with Crippen molar-refractivity contribution in [3.05, 3.63) is 23.2 Å². The van der Waals surface area contributed by atoms with Crippen LogP contribution in [-0.4, -0.2) is 44.1 Å². The molecule has 5 nitrogen and oxygen atoms in total. The second-order valence-corrected chi connectivity index (χ2v) is 7.00. The fraction of sp³-hybridized carbons (Fsp3) is 0.500. The van der Waals surface area contributed by atoms with Gasteiger partial charge in [0.2, 0.25) is 10.0 Å². The van der Waals surface area contributed by atoms with Crippen LogP contribution >= 0.6 is 11.6 Å². The Morgan fingerprint density at radius 3 is 2.58 bits per heavy atom. The predicted octanol–water partition coefficient (Wildman–Crippen LogP) is 1.49. The Bertz CT molecular complexity index is 583. The van der Waals surface area contributed by atoms with Crippen molar-refractivity contribution in [2.45, 2.75) is 23.3 Å². The Kier molecular flexibility index (Phi) is 3.79. The summed E-state index contributed by atoms with van der Waals surface area (Å²) in [5.41, 5.74) is -0.675. The molecule has 0 atom stereocenters. The summed E-state index contributed by atoms with van der Waals surface area (Å²) in [6, 6.07) is 4.47. The van der Waals surface area contributed by atoms with Gasteiger partial charge in [-0.2, -0.15) is 4.31 Å². The van der Waals surface area contributed by atoms with Gasteiger partial charge in [-0.25, -0.2) is 8.42 Å². The molecule has 0 aliphatic heterocycles. The van der Waals surface area contributed by atoms with E-state index in [-0.39, 0.29) is 16.5 Å². The highest BCUT2D eigenvalue weighted by Crippen LogP contribution is 2.44. The molecule has 0 spiro atoms. The Morgan fingerprint density at radius 1 is 1.47 bits per heavy atom. The number of nitrogens with zero attached hydrogens (tertiary/aromatic N) is 1. The maximum atomic E-state index is 12.5. The van der Waals surface area contributed by atoms with E-state index in [0.717, 1.165) is 0 Å². The third-order valence-corrected chi connectivity index (χ3v) is 6.01. The molecular formula is C12H16ClNO4S. The van der Waals surface area contributed by atoms with Crippen molar-refractivity contribution >= 4 is 21.6 Å². The van der Waals surface area contributed by atoms with E-state index in [1.54, 1.807) is 6.07 Å². The summed E-state index contributed by atoms with van der Waals surface area (Å²) < 4.78 is 31.3. The highest BCUT2D eigenvalue weighted by atomic mass is 35.5. The fourth-order valence-corrected chi connectivity index (χ4v) is 3.96. The molecule has 2 rings (SSSR count). The van der Waals surface area contributed by atoms with Crippen LogP contribution in [0.2, 0.25) is 5.02 Å². The summed E-state index contributed by atoms with van der Waals surface area (Å²) in [6.45, 7) is -0.190. The number of hydrogen-bond donors (Lipinski definition) is 1. The molecular weight excluding hydrogens is 290 g/mol. The highest BCUT2D eigenvalue weighted by Gasteiger charge is 2.51. The Morgan fingerprint density at radius 2 is 2.11 bits per heavy atom. The van der Waals surface area contributed by atoms with Crippen molar-refractivity contribution in [1.29, 1.82) is 0 Å². The van der Waals surface area contributed by atoms with Crippen molar-refractivity contribution < 1.29 is 18.3 Å². The van der Waals surface area contributed by atoms with E-state index in [4.69, 9.17) is 16.3 Å². The molecule has 0 heterocycles. The fourth-order valence-electron chi connectivity index (χ4n) is 1.93. The minimum absolute atomic E-state index is 0.00394. The molecule has 106 valence electrons. The van der Waals surface area contributed by atoms with Crippen LogP contribution in [0.5, 0.6) is 5.75 Å². The van der Waals surface area contributed by atoms with Crippen molar-refractivity contribution in [2.24, 2.45) is 0 Å². The monoisotopic (exact) mass is 305 g/mol. The van der Waals surface area contributed by atoms with E-state index < -0.39 is 15.6 Å². The van der Waals surface area contributed by atoms with Crippen molar-refractivity contribution in [3.63, 3.8) is 0 Å². The number of halogens is 1.